The largest absolute Gasteiger partial charge is 0.348 e. The van der Waals surface area contributed by atoms with E-state index in [0.29, 0.717) is 0 Å². The van der Waals surface area contributed by atoms with Crippen molar-refractivity contribution in [2.75, 3.05) is 5.32 Å². The predicted molar refractivity (Wildman–Crippen MR) is 69.4 cm³/mol. The molecule has 6 heteroatoms. The summed E-state index contributed by atoms with van der Waals surface area (Å²) in [5.74, 6) is -3.32. The molecule has 1 fully saturated rings. The van der Waals surface area contributed by atoms with E-state index in [1.165, 1.54) is 6.07 Å². The number of carbonyl (C=O) groups excluding carboxylic acids is 1. The van der Waals surface area contributed by atoms with Crippen LogP contribution >= 0.6 is 12.2 Å². The zero-order chi connectivity index (χ0) is 14.0. The van der Waals surface area contributed by atoms with Gasteiger partial charge >= 0.3 is 0 Å². The fraction of sp³-hybridized carbons (Fsp3) is 0.308. The number of benzene rings is 1. The predicted octanol–water partition coefficient (Wildman–Crippen LogP) is 2.82. The van der Waals surface area contributed by atoms with Gasteiger partial charge in [0.25, 0.3) is 0 Å². The van der Waals surface area contributed by atoms with Crippen LogP contribution in [0.5, 0.6) is 0 Å². The molecule has 1 aromatic rings. The van der Waals surface area contributed by atoms with Gasteiger partial charge in [-0.15, -0.1) is 0 Å². The molecule has 1 saturated carbocycles. The highest BCUT2D eigenvalue weighted by atomic mass is 32.1. The van der Waals surface area contributed by atoms with Crippen molar-refractivity contribution in [3.8, 4) is 6.07 Å². The number of rotatable bonds is 4. The van der Waals surface area contributed by atoms with Crippen molar-refractivity contribution in [1.29, 1.82) is 5.26 Å². The van der Waals surface area contributed by atoms with Crippen molar-refractivity contribution in [1.82, 2.24) is 0 Å². The molecule has 0 bridgehead atoms. The molecule has 3 nitrogen and oxygen atoms in total. The third-order valence-corrected chi connectivity index (χ3v) is 3.18. The average Bonchev–Trinajstić information content (AvgIpc) is 3.18. The minimum Gasteiger partial charge on any atom is -0.348 e. The van der Waals surface area contributed by atoms with Crippen molar-refractivity contribution in [2.45, 2.75) is 12.8 Å². The highest BCUT2D eigenvalue weighted by molar-refractivity contribution is 7.80. The second-order valence-corrected chi connectivity index (χ2v) is 4.80. The third-order valence-electron chi connectivity index (χ3n) is 2.84. The Labute approximate surface area is 114 Å². The standard InChI is InChI=1S/C13H10F2N2OS/c14-10-4-3-8(5-11(10)15)17-13(19)9(6-16)12(18)7-1-2-7/h3-5,7,9H,1-2H2,(H,17,19). The summed E-state index contributed by atoms with van der Waals surface area (Å²) >= 11 is 4.99. The third kappa shape index (κ3) is 3.12. The van der Waals surface area contributed by atoms with Crippen molar-refractivity contribution < 1.29 is 13.6 Å². The number of nitriles is 1. The van der Waals surface area contributed by atoms with E-state index in [9.17, 15) is 13.6 Å². The first-order chi connectivity index (χ1) is 9.02. The second kappa shape index (κ2) is 5.41. The molecule has 0 spiro atoms. The first-order valence-electron chi connectivity index (χ1n) is 5.72. The first-order valence-corrected chi connectivity index (χ1v) is 6.13. The van der Waals surface area contributed by atoms with Crippen LogP contribution < -0.4 is 5.32 Å². The van der Waals surface area contributed by atoms with Gasteiger partial charge in [-0.25, -0.2) is 8.78 Å². The quantitative estimate of drug-likeness (QED) is 0.862. The SMILES string of the molecule is N#CC(C(=O)C1CC1)C(=S)Nc1ccc(F)c(F)c1. The number of hydrogen-bond acceptors (Lipinski definition) is 3. The molecule has 0 saturated heterocycles. The van der Waals surface area contributed by atoms with Crippen LogP contribution in [-0.2, 0) is 4.79 Å². The number of anilines is 1. The fourth-order valence-electron chi connectivity index (χ4n) is 1.64. The summed E-state index contributed by atoms with van der Waals surface area (Å²) in [6, 6.07) is 5.02. The molecule has 1 atom stereocenters. The Morgan fingerprint density at radius 2 is 2.11 bits per heavy atom. The van der Waals surface area contributed by atoms with Gasteiger partial charge in [0.2, 0.25) is 0 Å². The molecule has 0 amide bonds. The van der Waals surface area contributed by atoms with E-state index in [1.54, 1.807) is 0 Å². The summed E-state index contributed by atoms with van der Waals surface area (Å²) in [5, 5.41) is 11.6. The fourth-order valence-corrected chi connectivity index (χ4v) is 1.93. The number of nitrogens with zero attached hydrogens (tertiary/aromatic N) is 1. The van der Waals surface area contributed by atoms with Crippen LogP contribution in [0.2, 0.25) is 0 Å². The minimum absolute atomic E-state index is 0.0189. The van der Waals surface area contributed by atoms with E-state index in [0.717, 1.165) is 25.0 Å². The van der Waals surface area contributed by atoms with Gasteiger partial charge in [0.15, 0.2) is 23.3 Å². The van der Waals surface area contributed by atoms with Crippen molar-refractivity contribution in [3.63, 3.8) is 0 Å². The van der Waals surface area contributed by atoms with E-state index in [4.69, 9.17) is 17.5 Å². The molecule has 1 aliphatic carbocycles. The lowest BCUT2D eigenvalue weighted by Crippen LogP contribution is -2.28. The van der Waals surface area contributed by atoms with Crippen LogP contribution in [-0.4, -0.2) is 10.8 Å². The Morgan fingerprint density at radius 3 is 2.63 bits per heavy atom. The molecule has 0 radical (unpaired) electrons. The summed E-state index contributed by atoms with van der Waals surface area (Å²) in [5.41, 5.74) is 0.216. The zero-order valence-corrected chi connectivity index (χ0v) is 10.6. The van der Waals surface area contributed by atoms with Gasteiger partial charge in [0.1, 0.15) is 4.99 Å². The molecule has 2 rings (SSSR count). The lowest BCUT2D eigenvalue weighted by atomic mass is 10.0. The topological polar surface area (TPSA) is 52.9 Å². The van der Waals surface area contributed by atoms with Crippen LogP contribution in [0.1, 0.15) is 12.8 Å². The molecule has 0 aromatic heterocycles. The van der Waals surface area contributed by atoms with Crippen molar-refractivity contribution in [3.05, 3.63) is 29.8 Å². The highest BCUT2D eigenvalue weighted by Crippen LogP contribution is 2.32. The maximum atomic E-state index is 13.0. The summed E-state index contributed by atoms with van der Waals surface area (Å²) in [7, 11) is 0. The molecule has 0 heterocycles. The van der Waals surface area contributed by atoms with E-state index >= 15 is 0 Å². The Balaban J connectivity index is 2.08. The average molecular weight is 280 g/mol. The number of carbonyl (C=O) groups is 1. The zero-order valence-electron chi connectivity index (χ0n) is 9.82. The summed E-state index contributed by atoms with van der Waals surface area (Å²) in [6.07, 6.45) is 1.57. The number of ketones is 1. The number of hydrogen-bond donors (Lipinski definition) is 1. The highest BCUT2D eigenvalue weighted by Gasteiger charge is 2.36. The molecule has 98 valence electrons. The van der Waals surface area contributed by atoms with Gasteiger partial charge in [0.05, 0.1) is 6.07 Å². The molecular formula is C13H10F2N2OS. The lowest BCUT2D eigenvalue weighted by molar-refractivity contribution is -0.120. The van der Waals surface area contributed by atoms with E-state index < -0.39 is 17.6 Å². The normalized spacial score (nSPS) is 15.4. The van der Waals surface area contributed by atoms with Crippen LogP contribution in [0.25, 0.3) is 0 Å². The number of halogens is 2. The molecule has 0 aliphatic heterocycles. The van der Waals surface area contributed by atoms with E-state index in [1.807, 2.05) is 6.07 Å². The first kappa shape index (κ1) is 13.6. The van der Waals surface area contributed by atoms with Crippen LogP contribution in [0.15, 0.2) is 18.2 Å². The molecule has 1 N–H and O–H groups in total. The Kier molecular flexibility index (Phi) is 3.86. The van der Waals surface area contributed by atoms with Gasteiger partial charge in [-0.1, -0.05) is 12.2 Å². The van der Waals surface area contributed by atoms with Crippen molar-refractivity contribution >= 4 is 28.7 Å². The maximum absolute atomic E-state index is 13.0. The minimum atomic E-state index is -1.03. The number of Topliss-reactive ketones (excluding diaryl/α,β-unsaturated/α-hetero) is 1. The molecule has 1 unspecified atom stereocenters. The van der Waals surface area contributed by atoms with E-state index in [-0.39, 0.29) is 22.4 Å². The van der Waals surface area contributed by atoms with Gasteiger partial charge in [0, 0.05) is 17.7 Å². The number of thiocarbonyl (C=S) groups is 1. The molecule has 1 aliphatic rings. The smallest absolute Gasteiger partial charge is 0.160 e. The van der Waals surface area contributed by atoms with Crippen LogP contribution in [0.4, 0.5) is 14.5 Å². The maximum Gasteiger partial charge on any atom is 0.160 e. The Hall–Kier alpha value is -1.87. The van der Waals surface area contributed by atoms with Gasteiger partial charge in [-0.05, 0) is 25.0 Å². The Bertz CT molecular complexity index is 578. The summed E-state index contributed by atoms with van der Waals surface area (Å²) in [4.78, 5) is 11.8. The van der Waals surface area contributed by atoms with Gasteiger partial charge in [-0.2, -0.15) is 5.26 Å². The summed E-state index contributed by atoms with van der Waals surface area (Å²) < 4.78 is 25.8. The van der Waals surface area contributed by atoms with Crippen LogP contribution in [0, 0.1) is 34.8 Å². The van der Waals surface area contributed by atoms with Gasteiger partial charge < -0.3 is 5.32 Å². The van der Waals surface area contributed by atoms with Crippen molar-refractivity contribution in [2.24, 2.45) is 11.8 Å². The monoisotopic (exact) mass is 280 g/mol. The molecule has 1 aromatic carbocycles. The Morgan fingerprint density at radius 1 is 1.42 bits per heavy atom. The van der Waals surface area contributed by atoms with Crippen LogP contribution in [0.3, 0.4) is 0 Å². The van der Waals surface area contributed by atoms with Gasteiger partial charge in [-0.3, -0.25) is 4.79 Å². The molecular weight excluding hydrogens is 270 g/mol. The number of nitrogens with one attached hydrogen (secondary N) is 1. The lowest BCUT2D eigenvalue weighted by Gasteiger charge is -2.12. The molecule has 19 heavy (non-hydrogen) atoms. The van der Waals surface area contributed by atoms with E-state index in [2.05, 4.69) is 5.32 Å². The summed E-state index contributed by atoms with van der Waals surface area (Å²) in [6.45, 7) is 0. The second-order valence-electron chi connectivity index (χ2n) is 4.36.